The Balaban J connectivity index is 1.75. The minimum absolute atomic E-state index is 0.0339. The minimum atomic E-state index is -4.58. The first kappa shape index (κ1) is 22.1. The van der Waals surface area contributed by atoms with Crippen LogP contribution in [0.1, 0.15) is 28.1 Å². The standard InChI is InChI=1S/C20H20F3N5O3/c1-12-16(13(2)31-26-12)9-25-8-15(7-24)28-18(29)11-27(19(28)30)10-14-5-3-4-6-17(14)20(21,22)23/h3-8,24-25H,9-11H2,1-2H3/b15-8+,24-7?. The van der Waals surface area contributed by atoms with Crippen molar-refractivity contribution >= 4 is 18.2 Å². The Kier molecular flexibility index (Phi) is 6.14. The molecule has 0 radical (unpaired) electrons. The molecule has 2 heterocycles. The highest BCUT2D eigenvalue weighted by Gasteiger charge is 2.40. The van der Waals surface area contributed by atoms with Gasteiger partial charge in [-0.1, -0.05) is 23.4 Å². The van der Waals surface area contributed by atoms with Gasteiger partial charge in [0, 0.05) is 31.1 Å². The van der Waals surface area contributed by atoms with Crippen molar-refractivity contribution in [1.29, 1.82) is 5.41 Å². The van der Waals surface area contributed by atoms with Gasteiger partial charge in [0.2, 0.25) is 0 Å². The third-order valence-corrected chi connectivity index (χ3v) is 4.84. The molecule has 1 fully saturated rings. The molecule has 1 aliphatic heterocycles. The molecule has 0 saturated carbocycles. The quantitative estimate of drug-likeness (QED) is 0.513. The van der Waals surface area contributed by atoms with Crippen LogP contribution in [0, 0.1) is 19.3 Å². The predicted octanol–water partition coefficient (Wildman–Crippen LogP) is 3.36. The van der Waals surface area contributed by atoms with Gasteiger partial charge in [0.15, 0.2) is 0 Å². The lowest BCUT2D eigenvalue weighted by Crippen LogP contribution is -2.34. The Morgan fingerprint density at radius 3 is 2.61 bits per heavy atom. The number of nitrogens with one attached hydrogen (secondary N) is 2. The van der Waals surface area contributed by atoms with Crippen molar-refractivity contribution in [3.05, 3.63) is 64.3 Å². The topological polar surface area (TPSA) is 103 Å². The molecule has 1 aliphatic rings. The molecule has 31 heavy (non-hydrogen) atoms. The number of amides is 3. The van der Waals surface area contributed by atoms with Crippen molar-refractivity contribution in [1.82, 2.24) is 20.3 Å². The average molecular weight is 435 g/mol. The van der Waals surface area contributed by atoms with E-state index in [2.05, 4.69) is 10.5 Å². The van der Waals surface area contributed by atoms with Crippen LogP contribution in [-0.2, 0) is 24.1 Å². The number of alkyl halides is 3. The van der Waals surface area contributed by atoms with E-state index in [1.807, 2.05) is 0 Å². The first-order valence-corrected chi connectivity index (χ1v) is 9.26. The Bertz CT molecular complexity index is 1030. The molecule has 3 amide bonds. The number of aromatic nitrogens is 1. The summed E-state index contributed by atoms with van der Waals surface area (Å²) in [6, 6.07) is 4.09. The second kappa shape index (κ2) is 8.62. The zero-order valence-corrected chi connectivity index (χ0v) is 16.8. The third kappa shape index (κ3) is 4.60. The van der Waals surface area contributed by atoms with Crippen molar-refractivity contribution < 1.29 is 27.3 Å². The molecule has 1 aromatic carbocycles. The fourth-order valence-corrected chi connectivity index (χ4v) is 3.25. The Morgan fingerprint density at radius 2 is 2.00 bits per heavy atom. The van der Waals surface area contributed by atoms with Gasteiger partial charge in [0.1, 0.15) is 12.3 Å². The number of aryl methyl sites for hydroxylation is 2. The number of urea groups is 1. The van der Waals surface area contributed by atoms with Gasteiger partial charge < -0.3 is 20.1 Å². The van der Waals surface area contributed by atoms with Crippen LogP contribution < -0.4 is 5.32 Å². The molecule has 2 N–H and O–H groups in total. The lowest BCUT2D eigenvalue weighted by Gasteiger charge is -2.20. The summed E-state index contributed by atoms with van der Waals surface area (Å²) in [6.07, 6.45) is -2.43. The van der Waals surface area contributed by atoms with Crippen molar-refractivity contribution in [2.75, 3.05) is 6.54 Å². The SMILES string of the molecule is Cc1noc(C)c1CN/C=C(\C=N)N1C(=O)CN(Cc2ccccc2C(F)(F)F)C1=O. The van der Waals surface area contributed by atoms with E-state index in [1.54, 1.807) is 13.8 Å². The van der Waals surface area contributed by atoms with Crippen LogP contribution in [0.4, 0.5) is 18.0 Å². The van der Waals surface area contributed by atoms with Crippen LogP contribution in [0.3, 0.4) is 0 Å². The average Bonchev–Trinajstić information content (AvgIpc) is 3.17. The zero-order valence-electron chi connectivity index (χ0n) is 16.8. The number of halogens is 3. The van der Waals surface area contributed by atoms with Gasteiger partial charge in [-0.05, 0) is 25.5 Å². The number of imide groups is 1. The van der Waals surface area contributed by atoms with Crippen LogP contribution in [-0.4, -0.2) is 39.7 Å². The van der Waals surface area contributed by atoms with Crippen LogP contribution in [0.2, 0.25) is 0 Å². The van der Waals surface area contributed by atoms with E-state index in [0.29, 0.717) is 11.5 Å². The largest absolute Gasteiger partial charge is 0.416 e. The molecular weight excluding hydrogens is 415 g/mol. The first-order valence-electron chi connectivity index (χ1n) is 9.26. The van der Waals surface area contributed by atoms with E-state index in [-0.39, 0.29) is 30.9 Å². The summed E-state index contributed by atoms with van der Waals surface area (Å²) in [5, 5.41) is 14.3. The molecule has 164 valence electrons. The van der Waals surface area contributed by atoms with Gasteiger partial charge in [0.05, 0.1) is 17.0 Å². The van der Waals surface area contributed by atoms with Crippen molar-refractivity contribution in [2.24, 2.45) is 0 Å². The number of carbonyl (C=O) groups is 2. The molecule has 8 nitrogen and oxygen atoms in total. The Morgan fingerprint density at radius 1 is 1.29 bits per heavy atom. The molecule has 11 heteroatoms. The lowest BCUT2D eigenvalue weighted by atomic mass is 10.1. The first-order chi connectivity index (χ1) is 14.6. The summed E-state index contributed by atoms with van der Waals surface area (Å²) in [5.74, 6) is -0.0268. The summed E-state index contributed by atoms with van der Waals surface area (Å²) in [6.45, 7) is 3.02. The molecule has 1 aromatic heterocycles. The van der Waals surface area contributed by atoms with Crippen LogP contribution in [0.25, 0.3) is 0 Å². The van der Waals surface area contributed by atoms with Crippen LogP contribution in [0.5, 0.6) is 0 Å². The van der Waals surface area contributed by atoms with E-state index in [9.17, 15) is 22.8 Å². The van der Waals surface area contributed by atoms with E-state index in [0.717, 1.165) is 27.6 Å². The molecule has 3 rings (SSSR count). The third-order valence-electron chi connectivity index (χ3n) is 4.84. The monoisotopic (exact) mass is 435 g/mol. The van der Waals surface area contributed by atoms with Gasteiger partial charge in [-0.15, -0.1) is 0 Å². The fourth-order valence-electron chi connectivity index (χ4n) is 3.25. The summed E-state index contributed by atoms with van der Waals surface area (Å²) in [5.41, 5.74) is 0.462. The maximum atomic E-state index is 13.2. The number of rotatable bonds is 7. The molecule has 0 bridgehead atoms. The Labute approximate surface area is 175 Å². The number of allylic oxidation sites excluding steroid dienone is 1. The number of carbonyl (C=O) groups excluding carboxylic acids is 2. The number of benzene rings is 1. The molecule has 1 saturated heterocycles. The molecular formula is C20H20F3N5O3. The van der Waals surface area contributed by atoms with Crippen LogP contribution >= 0.6 is 0 Å². The molecule has 0 unspecified atom stereocenters. The van der Waals surface area contributed by atoms with E-state index >= 15 is 0 Å². The fraction of sp³-hybridized carbons (Fsp3) is 0.300. The normalized spacial score (nSPS) is 15.1. The predicted molar refractivity (Wildman–Crippen MR) is 104 cm³/mol. The highest BCUT2D eigenvalue weighted by Crippen LogP contribution is 2.33. The van der Waals surface area contributed by atoms with Gasteiger partial charge >= 0.3 is 12.2 Å². The summed E-state index contributed by atoms with van der Waals surface area (Å²) in [7, 11) is 0. The summed E-state index contributed by atoms with van der Waals surface area (Å²) in [4.78, 5) is 26.9. The number of nitrogens with zero attached hydrogens (tertiary/aromatic N) is 3. The molecule has 0 aliphatic carbocycles. The van der Waals surface area contributed by atoms with Crippen molar-refractivity contribution in [3.63, 3.8) is 0 Å². The van der Waals surface area contributed by atoms with E-state index in [4.69, 9.17) is 9.93 Å². The van der Waals surface area contributed by atoms with Gasteiger partial charge in [-0.25, -0.2) is 9.69 Å². The van der Waals surface area contributed by atoms with Crippen molar-refractivity contribution in [3.8, 4) is 0 Å². The van der Waals surface area contributed by atoms with Gasteiger partial charge in [-0.2, -0.15) is 13.2 Å². The number of hydrogen-bond acceptors (Lipinski definition) is 6. The van der Waals surface area contributed by atoms with E-state index < -0.39 is 23.7 Å². The second-order valence-electron chi connectivity index (χ2n) is 6.92. The molecule has 0 atom stereocenters. The Hall–Kier alpha value is -3.63. The van der Waals surface area contributed by atoms with Crippen LogP contribution in [0.15, 0.2) is 40.7 Å². The van der Waals surface area contributed by atoms with Crippen molar-refractivity contribution in [2.45, 2.75) is 33.1 Å². The number of hydrogen-bond donors (Lipinski definition) is 2. The van der Waals surface area contributed by atoms with E-state index in [1.165, 1.54) is 24.4 Å². The van der Waals surface area contributed by atoms with Gasteiger partial charge in [-0.3, -0.25) is 4.79 Å². The molecule has 2 aromatic rings. The van der Waals surface area contributed by atoms with Gasteiger partial charge in [0.25, 0.3) is 5.91 Å². The maximum Gasteiger partial charge on any atom is 0.416 e. The minimum Gasteiger partial charge on any atom is -0.385 e. The lowest BCUT2D eigenvalue weighted by molar-refractivity contribution is -0.138. The summed E-state index contributed by atoms with van der Waals surface area (Å²) >= 11 is 0. The molecule has 0 spiro atoms. The maximum absolute atomic E-state index is 13.2. The highest BCUT2D eigenvalue weighted by atomic mass is 19.4. The zero-order chi connectivity index (χ0) is 22.8. The highest BCUT2D eigenvalue weighted by molar-refractivity contribution is 6.07. The smallest absolute Gasteiger partial charge is 0.385 e. The second-order valence-corrected chi connectivity index (χ2v) is 6.92. The summed E-state index contributed by atoms with van der Waals surface area (Å²) < 4.78 is 44.7.